The molecule has 11 heteroatoms. The highest BCUT2D eigenvalue weighted by atomic mass is 19.4. The van der Waals surface area contributed by atoms with Crippen molar-refractivity contribution in [3.05, 3.63) is 34.2 Å². The molecule has 0 aliphatic heterocycles. The molecule has 148 valence electrons. The quantitative estimate of drug-likeness (QED) is 0.804. The first-order valence-corrected chi connectivity index (χ1v) is 8.45. The molecule has 2 aromatic rings. The molecule has 0 saturated heterocycles. The molecule has 2 N–H and O–H groups in total. The summed E-state index contributed by atoms with van der Waals surface area (Å²) in [5, 5.41) is 18.7. The van der Waals surface area contributed by atoms with Gasteiger partial charge in [0.1, 0.15) is 16.9 Å². The summed E-state index contributed by atoms with van der Waals surface area (Å²) < 4.78 is 41.0. The summed E-state index contributed by atoms with van der Waals surface area (Å²) in [7, 11) is 0. The van der Waals surface area contributed by atoms with Crippen molar-refractivity contribution < 1.29 is 13.2 Å². The Kier molecular flexibility index (Phi) is 4.53. The lowest BCUT2D eigenvalue weighted by Crippen LogP contribution is -2.37. The molecule has 1 aliphatic rings. The fourth-order valence-corrected chi connectivity index (χ4v) is 2.37. The molecule has 1 fully saturated rings. The molecule has 3 rings (SSSR count). The van der Waals surface area contributed by atoms with Gasteiger partial charge < -0.3 is 10.6 Å². The third kappa shape index (κ3) is 4.05. The molecular formula is C17H18F3N7O. The van der Waals surface area contributed by atoms with Crippen LogP contribution in [0.1, 0.15) is 39.2 Å². The third-order valence-corrected chi connectivity index (χ3v) is 4.36. The highest BCUT2D eigenvalue weighted by Gasteiger charge is 2.39. The van der Waals surface area contributed by atoms with Gasteiger partial charge in [-0.15, -0.1) is 0 Å². The van der Waals surface area contributed by atoms with E-state index in [1.54, 1.807) is 0 Å². The van der Waals surface area contributed by atoms with Gasteiger partial charge in [-0.3, -0.25) is 4.79 Å². The van der Waals surface area contributed by atoms with Crippen LogP contribution in [0.4, 0.5) is 30.8 Å². The highest BCUT2D eigenvalue weighted by molar-refractivity contribution is 5.58. The van der Waals surface area contributed by atoms with Crippen molar-refractivity contribution in [3.8, 4) is 6.07 Å². The number of nitriles is 1. The molecule has 0 unspecified atom stereocenters. The van der Waals surface area contributed by atoms with Gasteiger partial charge in [0.2, 0.25) is 5.95 Å². The predicted octanol–water partition coefficient (Wildman–Crippen LogP) is 3.02. The van der Waals surface area contributed by atoms with E-state index in [-0.39, 0.29) is 17.3 Å². The molecule has 0 atom stereocenters. The van der Waals surface area contributed by atoms with Crippen LogP contribution in [0.15, 0.2) is 23.1 Å². The van der Waals surface area contributed by atoms with Gasteiger partial charge in [-0.25, -0.2) is 9.67 Å². The van der Waals surface area contributed by atoms with E-state index >= 15 is 0 Å². The Morgan fingerprint density at radius 2 is 1.96 bits per heavy atom. The van der Waals surface area contributed by atoms with Gasteiger partial charge in [0.25, 0.3) is 5.56 Å². The maximum atomic E-state index is 13.4. The smallest absolute Gasteiger partial charge is 0.349 e. The fraction of sp³-hybridized carbons (Fsp3) is 0.471. The summed E-state index contributed by atoms with van der Waals surface area (Å²) in [6.45, 7) is 4.85. The molecule has 0 radical (unpaired) electrons. The van der Waals surface area contributed by atoms with Gasteiger partial charge in [0.05, 0.1) is 6.07 Å². The van der Waals surface area contributed by atoms with Crippen molar-refractivity contribution in [2.75, 3.05) is 10.6 Å². The minimum atomic E-state index is -4.69. The largest absolute Gasteiger partial charge is 0.421 e. The summed E-state index contributed by atoms with van der Waals surface area (Å²) in [6, 6.07) is 4.27. The lowest BCUT2D eigenvalue weighted by Gasteiger charge is -2.19. The van der Waals surface area contributed by atoms with Crippen molar-refractivity contribution in [2.24, 2.45) is 0 Å². The lowest BCUT2D eigenvalue weighted by atomic mass is 10.1. The molecule has 0 bridgehead atoms. The molecular weight excluding hydrogens is 375 g/mol. The number of nitrogens with one attached hydrogen (secondary N) is 2. The van der Waals surface area contributed by atoms with Gasteiger partial charge >= 0.3 is 6.18 Å². The predicted molar refractivity (Wildman–Crippen MR) is 95.0 cm³/mol. The zero-order valence-corrected chi connectivity index (χ0v) is 15.4. The van der Waals surface area contributed by atoms with E-state index in [2.05, 4.69) is 25.7 Å². The number of alkyl halides is 3. The molecule has 0 amide bonds. The van der Waals surface area contributed by atoms with Gasteiger partial charge in [-0.2, -0.15) is 28.5 Å². The Hall–Kier alpha value is -3.16. The zero-order chi connectivity index (χ0) is 20.7. The van der Waals surface area contributed by atoms with Crippen molar-refractivity contribution >= 4 is 17.6 Å². The number of nitrogens with zero attached hydrogens (tertiary/aromatic N) is 5. The van der Waals surface area contributed by atoms with Crippen LogP contribution in [-0.2, 0) is 11.7 Å². The van der Waals surface area contributed by atoms with Crippen LogP contribution in [0.25, 0.3) is 0 Å². The number of aromatic nitrogens is 4. The second-order valence-electron chi connectivity index (χ2n) is 7.40. The van der Waals surface area contributed by atoms with E-state index in [0.717, 1.165) is 23.6 Å². The number of hydrogen-bond acceptors (Lipinski definition) is 7. The maximum absolute atomic E-state index is 13.4. The number of rotatable bonds is 5. The molecule has 2 heterocycles. The average molecular weight is 393 g/mol. The summed E-state index contributed by atoms with van der Waals surface area (Å²) in [5.41, 5.74) is -3.13. The van der Waals surface area contributed by atoms with Gasteiger partial charge in [0.15, 0.2) is 5.82 Å². The first-order chi connectivity index (χ1) is 12.9. The van der Waals surface area contributed by atoms with Crippen molar-refractivity contribution in [3.63, 3.8) is 0 Å². The Morgan fingerprint density at radius 1 is 1.29 bits per heavy atom. The van der Waals surface area contributed by atoms with Crippen LogP contribution in [0.2, 0.25) is 0 Å². The van der Waals surface area contributed by atoms with E-state index < -0.39 is 28.7 Å². The minimum absolute atomic E-state index is 0.0566. The maximum Gasteiger partial charge on any atom is 0.421 e. The molecule has 28 heavy (non-hydrogen) atoms. The highest BCUT2D eigenvalue weighted by Crippen LogP contribution is 2.39. The molecule has 8 nitrogen and oxygen atoms in total. The first-order valence-electron chi connectivity index (χ1n) is 8.45. The van der Waals surface area contributed by atoms with Gasteiger partial charge in [0, 0.05) is 17.8 Å². The number of anilines is 3. The van der Waals surface area contributed by atoms with Crippen molar-refractivity contribution in [1.82, 2.24) is 19.7 Å². The summed E-state index contributed by atoms with van der Waals surface area (Å²) >= 11 is 0. The van der Waals surface area contributed by atoms with Crippen LogP contribution in [0, 0.1) is 11.3 Å². The summed E-state index contributed by atoms with van der Waals surface area (Å²) in [6.07, 6.45) is -2.25. The average Bonchev–Trinajstić information content (AvgIpc) is 3.32. The Balaban J connectivity index is 2.01. The normalized spacial score (nSPS) is 15.6. The van der Waals surface area contributed by atoms with Crippen LogP contribution in [0.5, 0.6) is 0 Å². The van der Waals surface area contributed by atoms with Gasteiger partial charge in [-0.05, 0) is 39.7 Å². The molecule has 0 spiro atoms. The molecule has 2 aromatic heterocycles. The SMILES string of the molecule is CC1(Nc2ncc(C(F)(F)F)c(Nc3ccc(=O)n(C(C)(C)C#N)n3)n2)CC1. The second kappa shape index (κ2) is 6.47. The monoisotopic (exact) mass is 393 g/mol. The van der Waals surface area contributed by atoms with E-state index in [1.807, 2.05) is 13.0 Å². The van der Waals surface area contributed by atoms with E-state index in [9.17, 15) is 23.2 Å². The first kappa shape index (κ1) is 19.6. The van der Waals surface area contributed by atoms with Crippen LogP contribution in [0.3, 0.4) is 0 Å². The molecule has 1 saturated carbocycles. The lowest BCUT2D eigenvalue weighted by molar-refractivity contribution is -0.137. The Morgan fingerprint density at radius 3 is 2.54 bits per heavy atom. The van der Waals surface area contributed by atoms with E-state index in [0.29, 0.717) is 6.20 Å². The standard InChI is InChI=1S/C17H18F3N7O/c1-15(2,9-21)27-12(28)5-4-11(26-27)23-13-10(17(18,19)20)8-22-14(24-13)25-16(3)6-7-16/h4-5,8H,6-7H2,1-3H3,(H2,22,23,24,25,26). The molecule has 0 aromatic carbocycles. The Labute approximate surface area is 158 Å². The van der Waals surface area contributed by atoms with E-state index in [4.69, 9.17) is 0 Å². The van der Waals surface area contributed by atoms with Crippen molar-refractivity contribution in [2.45, 2.75) is 50.9 Å². The topological polar surface area (TPSA) is 109 Å². The number of hydrogen-bond donors (Lipinski definition) is 2. The minimum Gasteiger partial charge on any atom is -0.349 e. The van der Waals surface area contributed by atoms with Crippen LogP contribution >= 0.6 is 0 Å². The summed E-state index contributed by atoms with van der Waals surface area (Å²) in [4.78, 5) is 19.7. The van der Waals surface area contributed by atoms with Crippen LogP contribution < -0.4 is 16.2 Å². The second-order valence-corrected chi connectivity index (χ2v) is 7.40. The van der Waals surface area contributed by atoms with Crippen molar-refractivity contribution in [1.29, 1.82) is 5.26 Å². The fourth-order valence-electron chi connectivity index (χ4n) is 2.37. The third-order valence-electron chi connectivity index (χ3n) is 4.36. The molecule has 1 aliphatic carbocycles. The zero-order valence-electron chi connectivity index (χ0n) is 15.4. The Bertz CT molecular complexity index is 1000. The van der Waals surface area contributed by atoms with Gasteiger partial charge in [-0.1, -0.05) is 0 Å². The van der Waals surface area contributed by atoms with Crippen LogP contribution in [-0.4, -0.2) is 25.3 Å². The number of halogens is 3. The summed E-state index contributed by atoms with van der Waals surface area (Å²) in [5.74, 6) is -0.501. The van der Waals surface area contributed by atoms with E-state index in [1.165, 1.54) is 19.9 Å².